The van der Waals surface area contributed by atoms with Crippen LogP contribution in [0.4, 0.5) is 26.2 Å². The van der Waals surface area contributed by atoms with E-state index in [9.17, 15) is 13.6 Å². The van der Waals surface area contributed by atoms with Gasteiger partial charge in [0.1, 0.15) is 5.82 Å². The molecule has 1 aromatic carbocycles. The zero-order chi connectivity index (χ0) is 28.3. The largest absolute Gasteiger partial charge is 0.391 e. The van der Waals surface area contributed by atoms with E-state index in [1.54, 1.807) is 22.7 Å². The summed E-state index contributed by atoms with van der Waals surface area (Å²) in [6.45, 7) is 5.42. The topological polar surface area (TPSA) is 90.8 Å². The standard InChI is InChI=1S/C25H31F2N5OS.C4H8O2/c1-17-15-21(30-23(28-17)32-13-9-25(26,27)10-14-32)29-22(33)19-4-3-18(34-2)16-20(19)31-11-7-24(5-6-24)8-12-31;5-4-1-2-6-3-4/h3-4,15-16H,5-14H2,1-2H3,(H,28,29,30,33);4-5H,1-3H2. The molecule has 1 atom stereocenters. The number of rotatable bonds is 5. The number of benzene rings is 1. The highest BCUT2D eigenvalue weighted by molar-refractivity contribution is 7.98. The molecular formula is C29H39F2N5O3S. The molecule has 0 bridgehead atoms. The number of amides is 1. The molecule has 1 amide bonds. The molecule has 4 aliphatic rings. The van der Waals surface area contributed by atoms with E-state index in [1.807, 2.05) is 25.3 Å². The first kappa shape index (κ1) is 29.0. The van der Waals surface area contributed by atoms with Crippen molar-refractivity contribution in [3.63, 3.8) is 0 Å². The zero-order valence-corrected chi connectivity index (χ0v) is 24.1. The minimum Gasteiger partial charge on any atom is -0.391 e. The van der Waals surface area contributed by atoms with Gasteiger partial charge in [-0.25, -0.2) is 13.8 Å². The molecule has 40 heavy (non-hydrogen) atoms. The minimum atomic E-state index is -2.63. The third-order valence-corrected chi connectivity index (χ3v) is 9.06. The third kappa shape index (κ3) is 7.22. The predicted octanol–water partition coefficient (Wildman–Crippen LogP) is 5.14. The van der Waals surface area contributed by atoms with Gasteiger partial charge < -0.3 is 25.0 Å². The van der Waals surface area contributed by atoms with E-state index in [4.69, 9.17) is 9.84 Å². The van der Waals surface area contributed by atoms with Crippen LogP contribution in [0.3, 0.4) is 0 Å². The molecule has 4 fully saturated rings. The first-order valence-corrected chi connectivity index (χ1v) is 15.4. The van der Waals surface area contributed by atoms with Crippen LogP contribution in [-0.4, -0.2) is 78.7 Å². The van der Waals surface area contributed by atoms with E-state index in [-0.39, 0.29) is 37.9 Å². The molecule has 8 nitrogen and oxygen atoms in total. The number of thioether (sulfide) groups is 1. The van der Waals surface area contributed by atoms with Crippen LogP contribution in [0.15, 0.2) is 29.2 Å². The molecule has 11 heteroatoms. The molecule has 4 heterocycles. The second kappa shape index (κ2) is 12.2. The first-order valence-electron chi connectivity index (χ1n) is 14.1. The van der Waals surface area contributed by atoms with Crippen LogP contribution in [0.5, 0.6) is 0 Å². The van der Waals surface area contributed by atoms with Gasteiger partial charge >= 0.3 is 0 Å². The Balaban J connectivity index is 0.000000477. The Hall–Kier alpha value is -2.50. The molecule has 0 radical (unpaired) electrons. The van der Waals surface area contributed by atoms with E-state index >= 15 is 0 Å². The smallest absolute Gasteiger partial charge is 0.258 e. The number of carbonyl (C=O) groups excluding carboxylic acids is 1. The van der Waals surface area contributed by atoms with Gasteiger partial charge in [-0.3, -0.25) is 4.79 Å². The molecule has 3 saturated heterocycles. The normalized spacial score (nSPS) is 23.0. The molecule has 2 N–H and O–H groups in total. The molecule has 1 aliphatic carbocycles. The van der Waals surface area contributed by atoms with Crippen molar-refractivity contribution in [2.75, 3.05) is 60.8 Å². The third-order valence-electron chi connectivity index (χ3n) is 8.34. The van der Waals surface area contributed by atoms with E-state index in [0.717, 1.165) is 36.7 Å². The average Bonchev–Trinajstić information content (AvgIpc) is 3.51. The second-order valence-electron chi connectivity index (χ2n) is 11.4. The first-order chi connectivity index (χ1) is 19.2. The highest BCUT2D eigenvalue weighted by atomic mass is 32.2. The molecule has 1 saturated carbocycles. The van der Waals surface area contributed by atoms with Crippen molar-refractivity contribution in [3.05, 3.63) is 35.5 Å². The summed E-state index contributed by atoms with van der Waals surface area (Å²) < 4.78 is 32.0. The SMILES string of the molecule is CSc1ccc(C(=O)Nc2cc(C)nc(N3CCC(F)(F)CC3)n2)c(N2CCC3(CC2)CC3)c1.OC1CCOC1. The maximum absolute atomic E-state index is 13.6. The number of aryl methyl sites for hydroxylation is 1. The lowest BCUT2D eigenvalue weighted by Gasteiger charge is -2.35. The van der Waals surface area contributed by atoms with Crippen molar-refractivity contribution >= 4 is 35.1 Å². The number of aromatic nitrogens is 2. The molecule has 6 rings (SSSR count). The number of anilines is 3. The summed E-state index contributed by atoms with van der Waals surface area (Å²) in [5, 5.41) is 11.5. The van der Waals surface area contributed by atoms with E-state index in [2.05, 4.69) is 26.3 Å². The second-order valence-corrected chi connectivity index (χ2v) is 12.3. The summed E-state index contributed by atoms with van der Waals surface area (Å²) in [4.78, 5) is 27.5. The predicted molar refractivity (Wildman–Crippen MR) is 154 cm³/mol. The lowest BCUT2D eigenvalue weighted by atomic mass is 9.93. The zero-order valence-electron chi connectivity index (χ0n) is 23.3. The van der Waals surface area contributed by atoms with Gasteiger partial charge in [-0.1, -0.05) is 0 Å². The summed E-state index contributed by atoms with van der Waals surface area (Å²) in [7, 11) is 0. The number of hydrogen-bond acceptors (Lipinski definition) is 8. The van der Waals surface area contributed by atoms with Crippen LogP contribution in [0.25, 0.3) is 0 Å². The fourth-order valence-corrected chi connectivity index (χ4v) is 5.92. The van der Waals surface area contributed by atoms with Crippen LogP contribution in [0, 0.1) is 12.3 Å². The van der Waals surface area contributed by atoms with Crippen molar-refractivity contribution in [1.29, 1.82) is 0 Å². The Kier molecular flexibility index (Phi) is 8.82. The quantitative estimate of drug-likeness (QED) is 0.474. The molecular weight excluding hydrogens is 536 g/mol. The lowest BCUT2D eigenvalue weighted by molar-refractivity contribution is -0.0222. The van der Waals surface area contributed by atoms with Crippen molar-refractivity contribution in [3.8, 4) is 0 Å². The molecule has 2 aromatic rings. The number of nitrogens with one attached hydrogen (secondary N) is 1. The lowest BCUT2D eigenvalue weighted by Crippen LogP contribution is -2.40. The summed E-state index contributed by atoms with van der Waals surface area (Å²) in [5.41, 5.74) is 2.83. The highest BCUT2D eigenvalue weighted by Crippen LogP contribution is 2.54. The van der Waals surface area contributed by atoms with Crippen LogP contribution < -0.4 is 15.1 Å². The fourth-order valence-electron chi connectivity index (χ4n) is 5.49. The molecule has 218 valence electrons. The summed E-state index contributed by atoms with van der Waals surface area (Å²) in [5.74, 6) is -2.08. The number of ether oxygens (including phenoxy) is 1. The van der Waals surface area contributed by atoms with Gasteiger partial charge in [-0.15, -0.1) is 11.8 Å². The van der Waals surface area contributed by atoms with E-state index < -0.39 is 5.92 Å². The molecule has 1 unspecified atom stereocenters. The Morgan fingerprint density at radius 3 is 2.33 bits per heavy atom. The molecule has 1 aromatic heterocycles. The number of aliphatic hydroxyl groups is 1. The van der Waals surface area contributed by atoms with Crippen molar-refractivity contribution in [2.24, 2.45) is 5.41 Å². The van der Waals surface area contributed by atoms with Gasteiger partial charge in [0.2, 0.25) is 5.95 Å². The number of hydrogen-bond donors (Lipinski definition) is 2. The number of halogens is 2. The van der Waals surface area contributed by atoms with Gasteiger partial charge in [0.15, 0.2) is 0 Å². The number of alkyl halides is 2. The van der Waals surface area contributed by atoms with Crippen LogP contribution in [0.1, 0.15) is 61.0 Å². The van der Waals surface area contributed by atoms with Crippen LogP contribution in [-0.2, 0) is 4.74 Å². The van der Waals surface area contributed by atoms with Crippen molar-refractivity contribution in [2.45, 2.75) is 68.8 Å². The summed E-state index contributed by atoms with van der Waals surface area (Å²) in [6, 6.07) is 7.68. The van der Waals surface area contributed by atoms with E-state index in [0.29, 0.717) is 35.0 Å². The summed E-state index contributed by atoms with van der Waals surface area (Å²) >= 11 is 1.67. The maximum Gasteiger partial charge on any atom is 0.258 e. The Bertz CT molecular complexity index is 1190. The fraction of sp³-hybridized carbons (Fsp3) is 0.621. The van der Waals surface area contributed by atoms with Crippen molar-refractivity contribution < 1.29 is 23.4 Å². The molecule has 1 spiro atoms. The minimum absolute atomic E-state index is 0.176. The van der Waals surface area contributed by atoms with Crippen LogP contribution >= 0.6 is 11.8 Å². The number of nitrogens with zero attached hydrogens (tertiary/aromatic N) is 4. The van der Waals surface area contributed by atoms with Gasteiger partial charge in [0, 0.05) is 62.3 Å². The van der Waals surface area contributed by atoms with Gasteiger partial charge in [-0.05, 0) is 68.9 Å². The Morgan fingerprint density at radius 1 is 1.05 bits per heavy atom. The Morgan fingerprint density at radius 2 is 1.75 bits per heavy atom. The van der Waals surface area contributed by atoms with Crippen molar-refractivity contribution in [1.82, 2.24) is 9.97 Å². The Labute approximate surface area is 238 Å². The monoisotopic (exact) mass is 575 g/mol. The van der Waals surface area contributed by atoms with E-state index in [1.165, 1.54) is 25.7 Å². The van der Waals surface area contributed by atoms with Crippen LogP contribution in [0.2, 0.25) is 0 Å². The van der Waals surface area contributed by atoms with Gasteiger partial charge in [0.05, 0.1) is 24.0 Å². The van der Waals surface area contributed by atoms with Gasteiger partial charge in [0.25, 0.3) is 11.8 Å². The number of piperidine rings is 2. The molecule has 3 aliphatic heterocycles. The maximum atomic E-state index is 13.6. The number of aliphatic hydroxyl groups excluding tert-OH is 1. The summed E-state index contributed by atoms with van der Waals surface area (Å²) in [6.07, 6.45) is 7.29. The highest BCUT2D eigenvalue weighted by Gasteiger charge is 2.44. The number of carbonyl (C=O) groups is 1. The van der Waals surface area contributed by atoms with Gasteiger partial charge in [-0.2, -0.15) is 4.98 Å². The average molecular weight is 576 g/mol.